The Kier molecular flexibility index (Phi) is 3.93. The van der Waals surface area contributed by atoms with Crippen molar-refractivity contribution in [1.29, 1.82) is 5.41 Å². The number of aliphatic hydroxyl groups is 1. The summed E-state index contributed by atoms with van der Waals surface area (Å²) < 4.78 is 1.90. The van der Waals surface area contributed by atoms with Crippen LogP contribution in [0.25, 0.3) is 16.6 Å². The van der Waals surface area contributed by atoms with Gasteiger partial charge < -0.3 is 14.6 Å². The molecule has 0 bridgehead atoms. The van der Waals surface area contributed by atoms with Gasteiger partial charge in [-0.05, 0) is 42.8 Å². The number of fused-ring (bicyclic) bond motifs is 1. The highest BCUT2D eigenvalue weighted by atomic mass is 35.5. The fraction of sp³-hybridized carbons (Fsp3) is 0.158. The van der Waals surface area contributed by atoms with E-state index in [-0.39, 0.29) is 18.1 Å². The molecule has 0 spiro atoms. The molecule has 5 nitrogen and oxygen atoms in total. The minimum absolute atomic E-state index is 0.108. The third-order valence-electron chi connectivity index (χ3n) is 4.58. The lowest BCUT2D eigenvalue weighted by Gasteiger charge is -2.19. The molecule has 0 unspecified atom stereocenters. The number of imidazole rings is 1. The van der Waals surface area contributed by atoms with Gasteiger partial charge in [0, 0.05) is 12.7 Å². The molecule has 0 radical (unpaired) electrons. The second-order valence-electron chi connectivity index (χ2n) is 6.34. The third kappa shape index (κ3) is 2.55. The fourth-order valence-corrected chi connectivity index (χ4v) is 3.51. The summed E-state index contributed by atoms with van der Waals surface area (Å²) in [5.74, 6) is 0.850. The van der Waals surface area contributed by atoms with Gasteiger partial charge >= 0.3 is 0 Å². The van der Waals surface area contributed by atoms with Gasteiger partial charge in [-0.1, -0.05) is 29.3 Å². The van der Waals surface area contributed by atoms with Crippen LogP contribution in [0.1, 0.15) is 11.4 Å². The first-order chi connectivity index (χ1) is 12.4. The molecule has 3 aromatic rings. The van der Waals surface area contributed by atoms with E-state index in [1.807, 2.05) is 36.7 Å². The van der Waals surface area contributed by atoms with Gasteiger partial charge in [-0.25, -0.2) is 4.98 Å². The topological polar surface area (TPSA) is 65.1 Å². The third-order valence-corrected chi connectivity index (χ3v) is 5.32. The van der Waals surface area contributed by atoms with E-state index >= 15 is 0 Å². The second-order valence-corrected chi connectivity index (χ2v) is 7.16. The van der Waals surface area contributed by atoms with Crippen LogP contribution < -0.4 is 4.90 Å². The maximum Gasteiger partial charge on any atom is 0.148 e. The molecule has 26 heavy (non-hydrogen) atoms. The molecule has 2 heterocycles. The minimum atomic E-state index is 0.108. The van der Waals surface area contributed by atoms with Crippen molar-refractivity contribution in [3.63, 3.8) is 0 Å². The van der Waals surface area contributed by atoms with Gasteiger partial charge in [0.15, 0.2) is 0 Å². The van der Waals surface area contributed by atoms with Crippen molar-refractivity contribution in [1.82, 2.24) is 9.55 Å². The van der Waals surface area contributed by atoms with Crippen molar-refractivity contribution in [2.24, 2.45) is 7.05 Å². The molecule has 4 rings (SSSR count). The zero-order valence-corrected chi connectivity index (χ0v) is 15.7. The molecule has 0 aliphatic carbocycles. The Balaban J connectivity index is 1.78. The number of nitrogens with one attached hydrogen (secondary N) is 1. The monoisotopic (exact) mass is 386 g/mol. The minimum Gasteiger partial charge on any atom is -0.509 e. The average molecular weight is 387 g/mol. The number of rotatable bonds is 2. The summed E-state index contributed by atoms with van der Waals surface area (Å²) in [6.45, 7) is 2.20. The fourth-order valence-electron chi connectivity index (χ4n) is 3.22. The molecule has 0 fully saturated rings. The Hall–Kier alpha value is -2.50. The number of amidine groups is 1. The smallest absolute Gasteiger partial charge is 0.148 e. The van der Waals surface area contributed by atoms with Crippen molar-refractivity contribution in [2.45, 2.75) is 6.92 Å². The van der Waals surface area contributed by atoms with Gasteiger partial charge in [0.25, 0.3) is 0 Å². The van der Waals surface area contributed by atoms with Gasteiger partial charge in [-0.3, -0.25) is 5.41 Å². The van der Waals surface area contributed by atoms with Crippen LogP contribution in [0.5, 0.6) is 0 Å². The second kappa shape index (κ2) is 6.04. The molecular weight excluding hydrogens is 371 g/mol. The van der Waals surface area contributed by atoms with Crippen LogP contribution in [0.15, 0.2) is 42.2 Å². The zero-order valence-electron chi connectivity index (χ0n) is 14.2. The summed E-state index contributed by atoms with van der Waals surface area (Å²) in [6.07, 6.45) is 0. The molecule has 0 saturated carbocycles. The van der Waals surface area contributed by atoms with E-state index in [0.29, 0.717) is 27.1 Å². The molecule has 0 amide bonds. The number of halogens is 2. The average Bonchev–Trinajstić information content (AvgIpc) is 3.06. The predicted octanol–water partition coefficient (Wildman–Crippen LogP) is 4.96. The largest absolute Gasteiger partial charge is 0.509 e. The SMILES string of the molecule is Cc1ccc2c(c1)nc(C1=C(O)CN(c3ccc(Cl)c(Cl)c3)C1=N)n2C. The molecule has 132 valence electrons. The number of aryl methyl sites for hydroxylation is 2. The van der Waals surface area contributed by atoms with Crippen molar-refractivity contribution in [3.8, 4) is 0 Å². The first kappa shape index (κ1) is 16.9. The Labute approximate surface area is 160 Å². The maximum absolute atomic E-state index is 10.6. The summed E-state index contributed by atoms with van der Waals surface area (Å²) in [6, 6.07) is 11.1. The van der Waals surface area contributed by atoms with Gasteiger partial charge in [0.2, 0.25) is 0 Å². The molecule has 0 atom stereocenters. The highest BCUT2D eigenvalue weighted by molar-refractivity contribution is 6.42. The van der Waals surface area contributed by atoms with E-state index in [0.717, 1.165) is 16.6 Å². The standard InChI is InChI=1S/C19H16Cl2N4O/c1-10-3-6-15-14(7-10)23-19(24(15)2)17-16(26)9-25(18(17)22)11-4-5-12(20)13(21)8-11/h3-8,22,26H,9H2,1-2H3. The van der Waals surface area contributed by atoms with Gasteiger partial charge in [-0.2, -0.15) is 0 Å². The number of aromatic nitrogens is 2. The van der Waals surface area contributed by atoms with Crippen LogP contribution in [0.4, 0.5) is 5.69 Å². The lowest BCUT2D eigenvalue weighted by Crippen LogP contribution is -2.26. The number of anilines is 1. The van der Waals surface area contributed by atoms with Crippen LogP contribution in [0, 0.1) is 12.3 Å². The molecule has 1 aliphatic rings. The summed E-state index contributed by atoms with van der Waals surface area (Å²) >= 11 is 12.1. The van der Waals surface area contributed by atoms with Crippen LogP contribution in [0.3, 0.4) is 0 Å². The molecular formula is C19H16Cl2N4O. The van der Waals surface area contributed by atoms with Crippen molar-refractivity contribution >= 4 is 51.3 Å². The van der Waals surface area contributed by atoms with Gasteiger partial charge in [0.1, 0.15) is 17.4 Å². The molecule has 1 aromatic heterocycles. The van der Waals surface area contributed by atoms with Crippen LogP contribution in [0.2, 0.25) is 10.0 Å². The van der Waals surface area contributed by atoms with E-state index in [1.165, 1.54) is 0 Å². The summed E-state index contributed by atoms with van der Waals surface area (Å²) in [7, 11) is 1.88. The normalized spacial score (nSPS) is 14.8. The summed E-state index contributed by atoms with van der Waals surface area (Å²) in [5.41, 5.74) is 4.02. The van der Waals surface area contributed by atoms with E-state index in [4.69, 9.17) is 28.6 Å². The number of aliphatic hydroxyl groups excluding tert-OH is 1. The van der Waals surface area contributed by atoms with E-state index < -0.39 is 0 Å². The first-order valence-electron chi connectivity index (χ1n) is 8.04. The van der Waals surface area contributed by atoms with E-state index in [9.17, 15) is 5.11 Å². The van der Waals surface area contributed by atoms with Crippen LogP contribution in [-0.4, -0.2) is 27.0 Å². The van der Waals surface area contributed by atoms with Crippen LogP contribution in [-0.2, 0) is 7.05 Å². The number of hydrogen-bond acceptors (Lipinski definition) is 3. The Morgan fingerprint density at radius 1 is 1.12 bits per heavy atom. The predicted molar refractivity (Wildman–Crippen MR) is 107 cm³/mol. The summed E-state index contributed by atoms with van der Waals surface area (Å²) in [5, 5.41) is 20.0. The van der Waals surface area contributed by atoms with E-state index in [1.54, 1.807) is 23.1 Å². The number of nitrogens with zero attached hydrogens (tertiary/aromatic N) is 3. The van der Waals surface area contributed by atoms with Crippen LogP contribution >= 0.6 is 23.2 Å². The lowest BCUT2D eigenvalue weighted by molar-refractivity contribution is 0.411. The Morgan fingerprint density at radius 2 is 1.88 bits per heavy atom. The lowest BCUT2D eigenvalue weighted by atomic mass is 10.2. The van der Waals surface area contributed by atoms with Gasteiger partial charge in [0.05, 0.1) is 33.2 Å². The van der Waals surface area contributed by atoms with Crippen molar-refractivity contribution < 1.29 is 5.11 Å². The molecule has 0 saturated heterocycles. The number of benzene rings is 2. The van der Waals surface area contributed by atoms with Crippen molar-refractivity contribution in [3.05, 3.63) is 63.6 Å². The van der Waals surface area contributed by atoms with E-state index in [2.05, 4.69) is 4.98 Å². The highest BCUT2D eigenvalue weighted by Gasteiger charge is 2.32. The Morgan fingerprint density at radius 3 is 2.62 bits per heavy atom. The molecule has 2 N–H and O–H groups in total. The van der Waals surface area contributed by atoms with Gasteiger partial charge in [-0.15, -0.1) is 0 Å². The molecule has 1 aliphatic heterocycles. The molecule has 2 aromatic carbocycles. The highest BCUT2D eigenvalue weighted by Crippen LogP contribution is 2.34. The first-order valence-corrected chi connectivity index (χ1v) is 8.79. The Bertz CT molecular complexity index is 1100. The van der Waals surface area contributed by atoms with Crippen molar-refractivity contribution in [2.75, 3.05) is 11.4 Å². The quantitative estimate of drug-likeness (QED) is 0.654. The summed E-state index contributed by atoms with van der Waals surface area (Å²) in [4.78, 5) is 6.32. The zero-order chi connectivity index (χ0) is 18.6. The molecule has 7 heteroatoms. The number of hydrogen-bond donors (Lipinski definition) is 2. The maximum atomic E-state index is 10.6.